The van der Waals surface area contributed by atoms with Gasteiger partial charge < -0.3 is 0 Å². The number of sulfonamides is 1. The topological polar surface area (TPSA) is 46.2 Å². The van der Waals surface area contributed by atoms with E-state index in [1.165, 1.54) is 0 Å². The van der Waals surface area contributed by atoms with E-state index in [0.29, 0.717) is 5.70 Å². The summed E-state index contributed by atoms with van der Waals surface area (Å²) in [7, 11) is -3.18. The predicted octanol–water partition coefficient (Wildman–Crippen LogP) is 2.04. The van der Waals surface area contributed by atoms with Crippen molar-refractivity contribution in [1.29, 1.82) is 0 Å². The second-order valence-electron chi connectivity index (χ2n) is 5.25. The van der Waals surface area contributed by atoms with Crippen LogP contribution in [0.5, 0.6) is 0 Å². The van der Waals surface area contributed by atoms with Crippen molar-refractivity contribution in [3.63, 3.8) is 0 Å². The molecule has 0 bridgehead atoms. The standard InChI is InChI=1S/C11H19NO2S/c1-10(2)7-6-9(8-11(10,3)4)12-15(5,13)14/h6-8,12H,1-5H3. The molecular weight excluding hydrogens is 210 g/mol. The molecule has 15 heavy (non-hydrogen) atoms. The Morgan fingerprint density at radius 1 is 1.13 bits per heavy atom. The van der Waals surface area contributed by atoms with Crippen molar-refractivity contribution in [3.8, 4) is 0 Å². The molecule has 3 nitrogen and oxygen atoms in total. The summed E-state index contributed by atoms with van der Waals surface area (Å²) >= 11 is 0. The summed E-state index contributed by atoms with van der Waals surface area (Å²) in [5.74, 6) is 0. The Bertz CT molecular complexity index is 414. The van der Waals surface area contributed by atoms with Gasteiger partial charge in [-0.15, -0.1) is 0 Å². The van der Waals surface area contributed by atoms with Gasteiger partial charge in [0.25, 0.3) is 0 Å². The predicted molar refractivity (Wildman–Crippen MR) is 62.8 cm³/mol. The minimum atomic E-state index is -3.18. The largest absolute Gasteiger partial charge is 0.284 e. The molecule has 0 fully saturated rings. The molecule has 1 N–H and O–H groups in total. The monoisotopic (exact) mass is 229 g/mol. The molecule has 0 radical (unpaired) electrons. The van der Waals surface area contributed by atoms with E-state index >= 15 is 0 Å². The highest BCUT2D eigenvalue weighted by Crippen LogP contribution is 2.44. The molecule has 1 aliphatic carbocycles. The highest BCUT2D eigenvalue weighted by Gasteiger charge is 2.35. The van der Waals surface area contributed by atoms with Crippen LogP contribution in [0.3, 0.4) is 0 Å². The molecule has 0 heterocycles. The van der Waals surface area contributed by atoms with E-state index in [-0.39, 0.29) is 10.8 Å². The lowest BCUT2D eigenvalue weighted by atomic mass is 9.65. The minimum absolute atomic E-state index is 0.0374. The minimum Gasteiger partial charge on any atom is -0.284 e. The van der Waals surface area contributed by atoms with Crippen LogP contribution in [0.2, 0.25) is 0 Å². The van der Waals surface area contributed by atoms with Crippen molar-refractivity contribution < 1.29 is 8.42 Å². The first-order valence-corrected chi connectivity index (χ1v) is 6.83. The van der Waals surface area contributed by atoms with Gasteiger partial charge >= 0.3 is 0 Å². The van der Waals surface area contributed by atoms with E-state index in [0.717, 1.165) is 6.26 Å². The van der Waals surface area contributed by atoms with Gasteiger partial charge in [-0.2, -0.15) is 0 Å². The van der Waals surface area contributed by atoms with Crippen LogP contribution in [-0.4, -0.2) is 14.7 Å². The van der Waals surface area contributed by atoms with Gasteiger partial charge in [0.05, 0.1) is 6.26 Å². The maximum atomic E-state index is 11.1. The van der Waals surface area contributed by atoms with Crippen LogP contribution in [0.15, 0.2) is 23.9 Å². The molecule has 0 atom stereocenters. The zero-order valence-electron chi connectivity index (χ0n) is 9.96. The van der Waals surface area contributed by atoms with Crippen molar-refractivity contribution in [2.75, 3.05) is 6.26 Å². The molecule has 0 spiro atoms. The highest BCUT2D eigenvalue weighted by molar-refractivity contribution is 7.88. The van der Waals surface area contributed by atoms with Crippen LogP contribution >= 0.6 is 0 Å². The number of rotatable bonds is 2. The lowest BCUT2D eigenvalue weighted by Gasteiger charge is -2.40. The van der Waals surface area contributed by atoms with Gasteiger partial charge in [0.1, 0.15) is 0 Å². The van der Waals surface area contributed by atoms with Gasteiger partial charge in [-0.25, -0.2) is 8.42 Å². The summed E-state index contributed by atoms with van der Waals surface area (Å²) in [5, 5.41) is 0. The average molecular weight is 229 g/mol. The van der Waals surface area contributed by atoms with E-state index in [2.05, 4.69) is 32.4 Å². The fourth-order valence-electron chi connectivity index (χ4n) is 1.41. The molecule has 0 saturated heterocycles. The zero-order chi connectivity index (χ0) is 11.9. The first kappa shape index (κ1) is 12.3. The lowest BCUT2D eigenvalue weighted by Crippen LogP contribution is -2.34. The third-order valence-electron chi connectivity index (χ3n) is 3.16. The second-order valence-corrected chi connectivity index (χ2v) is 7.00. The van der Waals surface area contributed by atoms with Crippen LogP contribution < -0.4 is 4.72 Å². The summed E-state index contributed by atoms with van der Waals surface area (Å²) in [6.45, 7) is 8.47. The molecule has 4 heteroatoms. The Kier molecular flexibility index (Phi) is 2.76. The summed E-state index contributed by atoms with van der Waals surface area (Å²) in [6.07, 6.45) is 7.00. The van der Waals surface area contributed by atoms with E-state index < -0.39 is 10.0 Å². The maximum absolute atomic E-state index is 11.1. The Labute approximate surface area is 92.3 Å². The molecule has 0 aromatic carbocycles. The highest BCUT2D eigenvalue weighted by atomic mass is 32.2. The van der Waals surface area contributed by atoms with E-state index in [9.17, 15) is 8.42 Å². The first-order chi connectivity index (χ1) is 6.54. The molecule has 1 aliphatic rings. The Hall–Kier alpha value is -0.770. The smallest absolute Gasteiger partial charge is 0.229 e. The normalized spacial score (nSPS) is 23.4. The average Bonchev–Trinajstić information content (AvgIpc) is 1.94. The van der Waals surface area contributed by atoms with Crippen molar-refractivity contribution in [3.05, 3.63) is 23.9 Å². The van der Waals surface area contributed by atoms with Gasteiger partial charge in [0, 0.05) is 5.70 Å². The van der Waals surface area contributed by atoms with E-state index in [1.54, 1.807) is 0 Å². The lowest BCUT2D eigenvalue weighted by molar-refractivity contribution is 0.227. The van der Waals surface area contributed by atoms with Crippen molar-refractivity contribution in [2.45, 2.75) is 27.7 Å². The first-order valence-electron chi connectivity index (χ1n) is 4.93. The van der Waals surface area contributed by atoms with Crippen molar-refractivity contribution >= 4 is 10.0 Å². The third-order valence-corrected chi connectivity index (χ3v) is 3.77. The van der Waals surface area contributed by atoms with E-state index in [4.69, 9.17) is 0 Å². The van der Waals surface area contributed by atoms with Crippen LogP contribution in [0, 0.1) is 10.8 Å². The van der Waals surface area contributed by atoms with Gasteiger partial charge in [-0.05, 0) is 16.9 Å². The Morgan fingerprint density at radius 2 is 1.67 bits per heavy atom. The van der Waals surface area contributed by atoms with Crippen LogP contribution in [0.4, 0.5) is 0 Å². The molecule has 0 aromatic heterocycles. The van der Waals surface area contributed by atoms with Gasteiger partial charge in [0.15, 0.2) is 0 Å². The quantitative estimate of drug-likeness (QED) is 0.787. The van der Waals surface area contributed by atoms with Gasteiger partial charge in [-0.1, -0.05) is 39.8 Å². The summed E-state index contributed by atoms with van der Waals surface area (Å²) in [5.41, 5.74) is 0.631. The molecule has 0 aliphatic heterocycles. The SMILES string of the molecule is CC1(C)C=CC(NS(C)(=O)=O)=CC1(C)C. The third kappa shape index (κ3) is 2.84. The fraction of sp³-hybridized carbons (Fsp3) is 0.636. The number of hydrogen-bond acceptors (Lipinski definition) is 2. The van der Waals surface area contributed by atoms with Crippen LogP contribution in [-0.2, 0) is 10.0 Å². The van der Waals surface area contributed by atoms with E-state index in [1.807, 2.05) is 18.2 Å². The maximum Gasteiger partial charge on any atom is 0.229 e. The molecule has 0 saturated carbocycles. The molecule has 0 amide bonds. The summed E-state index contributed by atoms with van der Waals surface area (Å²) < 4.78 is 24.7. The summed E-state index contributed by atoms with van der Waals surface area (Å²) in [6, 6.07) is 0. The van der Waals surface area contributed by atoms with Gasteiger partial charge in [-0.3, -0.25) is 4.72 Å². The number of hydrogen-bond donors (Lipinski definition) is 1. The summed E-state index contributed by atoms with van der Waals surface area (Å²) in [4.78, 5) is 0. The Morgan fingerprint density at radius 3 is 2.07 bits per heavy atom. The van der Waals surface area contributed by atoms with Crippen LogP contribution in [0.25, 0.3) is 0 Å². The van der Waals surface area contributed by atoms with Crippen LogP contribution in [0.1, 0.15) is 27.7 Å². The number of nitrogens with one attached hydrogen (secondary N) is 1. The second kappa shape index (κ2) is 3.37. The molecule has 0 aromatic rings. The van der Waals surface area contributed by atoms with Gasteiger partial charge in [0.2, 0.25) is 10.0 Å². The van der Waals surface area contributed by atoms with Crippen molar-refractivity contribution in [1.82, 2.24) is 4.72 Å². The molecule has 86 valence electrons. The Balaban J connectivity index is 3.00. The fourth-order valence-corrected chi connectivity index (χ4v) is 1.97. The van der Waals surface area contributed by atoms with Crippen molar-refractivity contribution in [2.24, 2.45) is 10.8 Å². The molecule has 1 rings (SSSR count). The number of allylic oxidation sites excluding steroid dienone is 3. The molecule has 0 unspecified atom stereocenters. The zero-order valence-corrected chi connectivity index (χ0v) is 10.8. The molecular formula is C11H19NO2S.